The molecule has 0 radical (unpaired) electrons. The number of hydrogen-bond acceptors (Lipinski definition) is 3. The van der Waals surface area contributed by atoms with Crippen molar-refractivity contribution in [2.75, 3.05) is 12.8 Å². The lowest BCUT2D eigenvalue weighted by atomic mass is 9.79. The van der Waals surface area contributed by atoms with E-state index in [1.165, 1.54) is 54.5 Å². The Morgan fingerprint density at radius 2 is 1.49 bits per heavy atom. The van der Waals surface area contributed by atoms with E-state index in [0.29, 0.717) is 12.5 Å². The molecule has 1 saturated carbocycles. The number of hydrogen-bond donors (Lipinski definition) is 2. The fraction of sp³-hybridized carbons (Fsp3) is 0.656. The van der Waals surface area contributed by atoms with Crippen molar-refractivity contribution in [1.82, 2.24) is 14.6 Å². The number of carbonyl (C=O) groups excluding carboxylic acids is 1. The number of benzene rings is 1. The molecule has 206 valence electrons. The highest BCUT2D eigenvalue weighted by Crippen LogP contribution is 2.37. The number of nitrogens with one attached hydrogen (secondary N) is 2. The second-order valence-corrected chi connectivity index (χ2v) is 14.4. The minimum absolute atomic E-state index is 0.0140. The fourth-order valence-corrected chi connectivity index (χ4v) is 5.95. The maximum absolute atomic E-state index is 13.5. The van der Waals surface area contributed by atoms with E-state index in [1.807, 2.05) is 6.26 Å². The van der Waals surface area contributed by atoms with Gasteiger partial charge in [-0.25, -0.2) is 0 Å². The van der Waals surface area contributed by atoms with Gasteiger partial charge in [-0.1, -0.05) is 78.8 Å². The Bertz CT molecular complexity index is 1050. The van der Waals surface area contributed by atoms with Gasteiger partial charge in [0.05, 0.1) is 5.56 Å². The fourth-order valence-electron chi connectivity index (χ4n) is 5.33. The van der Waals surface area contributed by atoms with Gasteiger partial charge in [-0.15, -0.1) is 0 Å². The molecule has 1 aliphatic rings. The number of amides is 1. The van der Waals surface area contributed by atoms with Gasteiger partial charge in [0.25, 0.3) is 5.91 Å². The molecular formula is C32H51N3OS. The summed E-state index contributed by atoms with van der Waals surface area (Å²) in [7, 11) is 0. The zero-order chi connectivity index (χ0) is 27.6. The molecular weight excluding hydrogens is 474 g/mol. The second kappa shape index (κ2) is 11.6. The van der Waals surface area contributed by atoms with E-state index in [2.05, 4.69) is 101 Å². The van der Waals surface area contributed by atoms with Crippen LogP contribution in [0.3, 0.4) is 0 Å². The third-order valence-corrected chi connectivity index (χ3v) is 8.56. The van der Waals surface area contributed by atoms with Gasteiger partial charge in [-0.3, -0.25) is 9.52 Å². The molecule has 0 aliphatic heterocycles. The first-order chi connectivity index (χ1) is 17.1. The average Bonchev–Trinajstić information content (AvgIpc) is 3.13. The lowest BCUT2D eigenvalue weighted by Crippen LogP contribution is -2.46. The van der Waals surface area contributed by atoms with Gasteiger partial charge in [0.1, 0.15) is 0 Å². The first kappa shape index (κ1) is 29.8. The van der Waals surface area contributed by atoms with Crippen LogP contribution in [0.1, 0.15) is 115 Å². The van der Waals surface area contributed by atoms with Gasteiger partial charge in [0.2, 0.25) is 0 Å². The summed E-state index contributed by atoms with van der Waals surface area (Å²) in [6.07, 6.45) is 8.57. The molecule has 4 nitrogen and oxygen atoms in total. The van der Waals surface area contributed by atoms with Gasteiger partial charge in [-0.2, -0.15) is 0 Å². The van der Waals surface area contributed by atoms with Gasteiger partial charge < -0.3 is 9.88 Å². The van der Waals surface area contributed by atoms with Crippen molar-refractivity contribution < 1.29 is 4.79 Å². The SMILES string of the molecule is CSNC(C)(C)CNC(=O)c1cc(-c2cc(C(C)(C)C)cc(C(C)(C)C)c2)n(CC2CCCCC2)c1C. The highest BCUT2D eigenvalue weighted by molar-refractivity contribution is 7.96. The molecule has 1 heterocycles. The largest absolute Gasteiger partial charge is 0.350 e. The predicted octanol–water partition coefficient (Wildman–Crippen LogP) is 8.01. The van der Waals surface area contributed by atoms with Crippen LogP contribution in [-0.2, 0) is 17.4 Å². The van der Waals surface area contributed by atoms with Crippen LogP contribution in [0.2, 0.25) is 0 Å². The molecule has 1 aliphatic carbocycles. The van der Waals surface area contributed by atoms with E-state index in [0.717, 1.165) is 17.8 Å². The molecule has 37 heavy (non-hydrogen) atoms. The molecule has 0 saturated heterocycles. The van der Waals surface area contributed by atoms with Crippen LogP contribution in [0.15, 0.2) is 24.3 Å². The zero-order valence-electron chi connectivity index (χ0n) is 25.1. The Balaban J connectivity index is 2.10. The molecule has 5 heteroatoms. The topological polar surface area (TPSA) is 46.1 Å². The Hall–Kier alpha value is -1.72. The molecule has 1 amide bonds. The van der Waals surface area contributed by atoms with Crippen molar-refractivity contribution >= 4 is 17.9 Å². The third-order valence-electron chi connectivity index (χ3n) is 7.81. The van der Waals surface area contributed by atoms with Crippen molar-refractivity contribution in [3.63, 3.8) is 0 Å². The van der Waals surface area contributed by atoms with Gasteiger partial charge in [0.15, 0.2) is 0 Å². The van der Waals surface area contributed by atoms with Crippen molar-refractivity contribution in [3.05, 3.63) is 46.6 Å². The smallest absolute Gasteiger partial charge is 0.253 e. The van der Waals surface area contributed by atoms with Gasteiger partial charge >= 0.3 is 0 Å². The molecule has 0 spiro atoms. The van der Waals surface area contributed by atoms with E-state index in [-0.39, 0.29) is 22.3 Å². The highest BCUT2D eigenvalue weighted by atomic mass is 32.2. The minimum Gasteiger partial charge on any atom is -0.350 e. The molecule has 1 fully saturated rings. The van der Waals surface area contributed by atoms with Crippen molar-refractivity contribution in [2.24, 2.45) is 5.92 Å². The summed E-state index contributed by atoms with van der Waals surface area (Å²) in [4.78, 5) is 13.5. The Kier molecular flexibility index (Phi) is 9.33. The van der Waals surface area contributed by atoms with E-state index in [4.69, 9.17) is 0 Å². The normalized spacial score (nSPS) is 15.7. The number of carbonyl (C=O) groups is 1. The van der Waals surface area contributed by atoms with Gasteiger partial charge in [0, 0.05) is 30.0 Å². The van der Waals surface area contributed by atoms with E-state index in [9.17, 15) is 4.79 Å². The standard InChI is InChI=1S/C32H51N3OS/c1-22-27(29(36)33-21-32(8,9)34-37-10)19-28(35(22)20-23-14-12-11-13-15-23)24-16-25(30(2,3)4)18-26(17-24)31(5,6)7/h16-19,23,34H,11-15,20-21H2,1-10H3,(H,33,36). The third kappa shape index (κ3) is 7.66. The molecule has 1 aromatic heterocycles. The van der Waals surface area contributed by atoms with Crippen LogP contribution < -0.4 is 10.0 Å². The maximum Gasteiger partial charge on any atom is 0.253 e. The van der Waals surface area contributed by atoms with Crippen LogP contribution >= 0.6 is 11.9 Å². The first-order valence-electron chi connectivity index (χ1n) is 14.1. The zero-order valence-corrected chi connectivity index (χ0v) is 25.9. The van der Waals surface area contributed by atoms with Crippen molar-refractivity contribution in [3.8, 4) is 11.3 Å². The average molecular weight is 526 g/mol. The molecule has 0 bridgehead atoms. The molecule has 1 aromatic carbocycles. The molecule has 0 atom stereocenters. The summed E-state index contributed by atoms with van der Waals surface area (Å²) in [5, 5.41) is 3.20. The highest BCUT2D eigenvalue weighted by Gasteiger charge is 2.26. The molecule has 2 N–H and O–H groups in total. The summed E-state index contributed by atoms with van der Waals surface area (Å²) in [5.41, 5.74) is 6.85. The first-order valence-corrected chi connectivity index (χ1v) is 15.3. The predicted molar refractivity (Wildman–Crippen MR) is 162 cm³/mol. The monoisotopic (exact) mass is 525 g/mol. The lowest BCUT2D eigenvalue weighted by Gasteiger charge is -2.27. The van der Waals surface area contributed by atoms with Crippen LogP contribution in [0.5, 0.6) is 0 Å². The molecule has 2 aromatic rings. The van der Waals surface area contributed by atoms with Crippen molar-refractivity contribution in [1.29, 1.82) is 0 Å². The van der Waals surface area contributed by atoms with Crippen LogP contribution in [0.4, 0.5) is 0 Å². The summed E-state index contributed by atoms with van der Waals surface area (Å²) < 4.78 is 5.83. The van der Waals surface area contributed by atoms with Crippen LogP contribution in [-0.4, -0.2) is 28.8 Å². The second-order valence-electron chi connectivity index (χ2n) is 13.8. The van der Waals surface area contributed by atoms with E-state index >= 15 is 0 Å². The number of nitrogens with zero attached hydrogens (tertiary/aromatic N) is 1. The Morgan fingerprint density at radius 3 is 2.00 bits per heavy atom. The molecule has 3 rings (SSSR count). The summed E-state index contributed by atoms with van der Waals surface area (Å²) in [6, 6.07) is 9.24. The minimum atomic E-state index is -0.181. The number of rotatable bonds is 8. The van der Waals surface area contributed by atoms with Crippen molar-refractivity contribution in [2.45, 2.75) is 117 Å². The number of aromatic nitrogens is 1. The lowest BCUT2D eigenvalue weighted by molar-refractivity contribution is 0.0944. The molecule has 0 unspecified atom stereocenters. The maximum atomic E-state index is 13.5. The van der Waals surface area contributed by atoms with Gasteiger partial charge in [-0.05, 0) is 91.5 Å². The Labute approximate surface area is 230 Å². The van der Waals surface area contributed by atoms with Crippen LogP contribution in [0, 0.1) is 12.8 Å². The Morgan fingerprint density at radius 1 is 0.919 bits per heavy atom. The summed E-state index contributed by atoms with van der Waals surface area (Å²) in [6.45, 7) is 21.6. The van der Waals surface area contributed by atoms with E-state index in [1.54, 1.807) is 11.9 Å². The van der Waals surface area contributed by atoms with Crippen LogP contribution in [0.25, 0.3) is 11.3 Å². The summed E-state index contributed by atoms with van der Waals surface area (Å²) >= 11 is 1.58. The van der Waals surface area contributed by atoms with E-state index < -0.39 is 0 Å². The summed E-state index contributed by atoms with van der Waals surface area (Å²) in [5.74, 6) is 0.687. The quantitative estimate of drug-likeness (QED) is 0.343.